The first-order valence-electron chi connectivity index (χ1n) is 13.0. The number of nitrogens with two attached hydrogens (primary N) is 1. The molecule has 2 heterocycles. The quantitative estimate of drug-likeness (QED) is 0.186. The summed E-state index contributed by atoms with van der Waals surface area (Å²) in [6.07, 6.45) is 0. The Kier molecular flexibility index (Phi) is 9.32. The van der Waals surface area contributed by atoms with E-state index in [1.807, 2.05) is 19.9 Å². The van der Waals surface area contributed by atoms with Crippen molar-refractivity contribution in [3.63, 3.8) is 0 Å². The van der Waals surface area contributed by atoms with Gasteiger partial charge in [-0.15, -0.1) is 0 Å². The number of amides is 3. The third kappa shape index (κ3) is 6.53. The molecule has 0 aliphatic heterocycles. The Morgan fingerprint density at radius 2 is 1.80 bits per heavy atom. The number of methoxy groups -OCH3 is 1. The van der Waals surface area contributed by atoms with E-state index in [4.69, 9.17) is 20.0 Å². The van der Waals surface area contributed by atoms with E-state index in [1.165, 1.54) is 25.3 Å². The highest BCUT2D eigenvalue weighted by molar-refractivity contribution is 6.04. The van der Waals surface area contributed by atoms with Gasteiger partial charge in [0.15, 0.2) is 0 Å². The molecule has 0 bridgehead atoms. The van der Waals surface area contributed by atoms with Crippen molar-refractivity contribution in [2.24, 2.45) is 5.73 Å². The minimum absolute atomic E-state index is 0.193. The largest absolute Gasteiger partial charge is 0.494 e. The molecule has 4 aromatic rings. The zero-order chi connectivity index (χ0) is 29.5. The van der Waals surface area contributed by atoms with Gasteiger partial charge >= 0.3 is 0 Å². The first-order chi connectivity index (χ1) is 19.8. The summed E-state index contributed by atoms with van der Waals surface area (Å²) in [6, 6.07) is 13.6. The Hall–Kier alpha value is -4.75. The molecule has 4 rings (SSSR count). The standard InChI is InChI=1S/C28H33N7O6/c1-5-34-22(15-18(2)32-34)26(37)31-28-30-21-16-20(25(29)36)17-23(39-3)24(21)33(28)11-13-41-14-12-35(40-4)27(38)19-9-7-6-8-10-19/h6-10,15-17H,5,11-14H2,1-4H3,(H2,29,36)(H,30,31,37). The van der Waals surface area contributed by atoms with Gasteiger partial charge in [0.1, 0.15) is 17.0 Å². The maximum atomic E-state index is 13.2. The number of imidazole rings is 1. The fraction of sp³-hybridized carbons (Fsp3) is 0.321. The van der Waals surface area contributed by atoms with Crippen LogP contribution in [0.4, 0.5) is 5.95 Å². The van der Waals surface area contributed by atoms with Crippen LogP contribution in [0.3, 0.4) is 0 Å². The van der Waals surface area contributed by atoms with Gasteiger partial charge in [-0.25, -0.2) is 10.0 Å². The number of aryl methyl sites for hydroxylation is 2. The molecule has 0 aliphatic carbocycles. The van der Waals surface area contributed by atoms with Crippen LogP contribution < -0.4 is 15.8 Å². The van der Waals surface area contributed by atoms with Crippen molar-refractivity contribution in [1.29, 1.82) is 0 Å². The van der Waals surface area contributed by atoms with E-state index >= 15 is 0 Å². The molecule has 41 heavy (non-hydrogen) atoms. The molecule has 0 saturated carbocycles. The molecule has 0 fully saturated rings. The lowest BCUT2D eigenvalue weighted by atomic mass is 10.1. The highest BCUT2D eigenvalue weighted by Crippen LogP contribution is 2.31. The summed E-state index contributed by atoms with van der Waals surface area (Å²) in [5.74, 6) is -0.720. The topological polar surface area (TPSA) is 156 Å². The maximum absolute atomic E-state index is 13.2. The minimum Gasteiger partial charge on any atom is -0.494 e. The number of aromatic nitrogens is 4. The number of carbonyl (C=O) groups is 3. The minimum atomic E-state index is -0.635. The molecule has 0 saturated heterocycles. The first-order valence-corrected chi connectivity index (χ1v) is 13.0. The zero-order valence-corrected chi connectivity index (χ0v) is 23.4. The van der Waals surface area contributed by atoms with Crippen LogP contribution in [0, 0.1) is 6.92 Å². The predicted molar refractivity (Wildman–Crippen MR) is 151 cm³/mol. The average Bonchev–Trinajstić information content (AvgIpc) is 3.53. The van der Waals surface area contributed by atoms with Gasteiger partial charge in [0, 0.05) is 24.2 Å². The van der Waals surface area contributed by atoms with Gasteiger partial charge in [0.25, 0.3) is 11.8 Å². The number of anilines is 1. The van der Waals surface area contributed by atoms with Crippen LogP contribution in [0.5, 0.6) is 5.75 Å². The number of hydrogen-bond acceptors (Lipinski definition) is 8. The summed E-state index contributed by atoms with van der Waals surface area (Å²) < 4.78 is 14.7. The van der Waals surface area contributed by atoms with Crippen LogP contribution in [-0.2, 0) is 22.7 Å². The van der Waals surface area contributed by atoms with Crippen LogP contribution in [0.2, 0.25) is 0 Å². The van der Waals surface area contributed by atoms with E-state index in [0.717, 1.165) is 0 Å². The Balaban J connectivity index is 1.54. The molecule has 0 radical (unpaired) electrons. The van der Waals surface area contributed by atoms with Gasteiger partial charge in [0.05, 0.1) is 45.2 Å². The lowest BCUT2D eigenvalue weighted by Crippen LogP contribution is -2.33. The Morgan fingerprint density at radius 3 is 2.46 bits per heavy atom. The number of hydroxylamine groups is 2. The van der Waals surface area contributed by atoms with Crippen molar-refractivity contribution < 1.29 is 28.7 Å². The van der Waals surface area contributed by atoms with Gasteiger partial charge < -0.3 is 19.8 Å². The molecule has 2 aromatic heterocycles. The Bertz CT molecular complexity index is 1550. The summed E-state index contributed by atoms with van der Waals surface area (Å²) in [5.41, 5.74) is 8.28. The van der Waals surface area contributed by atoms with Gasteiger partial charge in [-0.3, -0.25) is 29.2 Å². The van der Waals surface area contributed by atoms with Gasteiger partial charge in [-0.2, -0.15) is 5.10 Å². The highest BCUT2D eigenvalue weighted by Gasteiger charge is 2.22. The molecule has 13 heteroatoms. The maximum Gasteiger partial charge on any atom is 0.277 e. The number of carbonyl (C=O) groups excluding carboxylic acids is 3. The van der Waals surface area contributed by atoms with Gasteiger partial charge in [-0.1, -0.05) is 18.2 Å². The van der Waals surface area contributed by atoms with Crippen molar-refractivity contribution in [3.05, 3.63) is 71.0 Å². The third-order valence-corrected chi connectivity index (χ3v) is 6.34. The second-order valence-corrected chi connectivity index (χ2v) is 9.01. The Morgan fingerprint density at radius 1 is 1.05 bits per heavy atom. The van der Waals surface area contributed by atoms with Crippen LogP contribution in [0.15, 0.2) is 48.5 Å². The lowest BCUT2D eigenvalue weighted by Gasteiger charge is -2.20. The monoisotopic (exact) mass is 563 g/mol. The molecule has 0 spiro atoms. The molecule has 0 atom stereocenters. The summed E-state index contributed by atoms with van der Waals surface area (Å²) in [5, 5.41) is 8.42. The van der Waals surface area contributed by atoms with E-state index in [9.17, 15) is 14.4 Å². The molecule has 3 N–H and O–H groups in total. The van der Waals surface area contributed by atoms with Crippen LogP contribution in [-0.4, -0.2) is 76.1 Å². The second-order valence-electron chi connectivity index (χ2n) is 9.01. The van der Waals surface area contributed by atoms with Crippen molar-refractivity contribution >= 4 is 34.7 Å². The molecule has 13 nitrogen and oxygen atoms in total. The number of ether oxygens (including phenoxy) is 2. The lowest BCUT2D eigenvalue weighted by molar-refractivity contribution is -0.105. The number of rotatable bonds is 13. The van der Waals surface area contributed by atoms with Crippen LogP contribution >= 0.6 is 0 Å². The van der Waals surface area contributed by atoms with Crippen molar-refractivity contribution in [2.75, 3.05) is 39.3 Å². The normalized spacial score (nSPS) is 11.0. The average molecular weight is 564 g/mol. The van der Waals surface area contributed by atoms with E-state index in [1.54, 1.807) is 45.6 Å². The summed E-state index contributed by atoms with van der Waals surface area (Å²) in [7, 11) is 2.89. The van der Waals surface area contributed by atoms with E-state index in [2.05, 4.69) is 15.4 Å². The van der Waals surface area contributed by atoms with Gasteiger partial charge in [0.2, 0.25) is 11.9 Å². The molecule has 0 unspecified atom stereocenters. The molecular formula is C28H33N7O6. The van der Waals surface area contributed by atoms with E-state index in [0.29, 0.717) is 40.3 Å². The molecule has 216 valence electrons. The second kappa shape index (κ2) is 13.1. The highest BCUT2D eigenvalue weighted by atomic mass is 16.7. The Labute approximate surface area is 236 Å². The van der Waals surface area contributed by atoms with Crippen LogP contribution in [0.1, 0.15) is 43.8 Å². The number of hydrogen-bond donors (Lipinski definition) is 2. The zero-order valence-electron chi connectivity index (χ0n) is 23.4. The van der Waals surface area contributed by atoms with E-state index in [-0.39, 0.29) is 43.7 Å². The number of fused-ring (bicyclic) bond motifs is 1. The number of benzene rings is 2. The smallest absolute Gasteiger partial charge is 0.277 e. The van der Waals surface area contributed by atoms with Crippen molar-refractivity contribution in [3.8, 4) is 5.75 Å². The fourth-order valence-corrected chi connectivity index (χ4v) is 4.38. The fourth-order valence-electron chi connectivity index (χ4n) is 4.38. The van der Waals surface area contributed by atoms with Gasteiger partial charge in [-0.05, 0) is 44.2 Å². The SMILES string of the molecule is CCn1nc(C)cc1C(=O)Nc1nc2cc(C(N)=O)cc(OC)c2n1CCOCCN(OC)C(=O)c1ccccc1. The number of nitrogens with zero attached hydrogens (tertiary/aromatic N) is 5. The molecular weight excluding hydrogens is 530 g/mol. The third-order valence-electron chi connectivity index (χ3n) is 6.34. The molecule has 2 aromatic carbocycles. The van der Waals surface area contributed by atoms with Crippen molar-refractivity contribution in [2.45, 2.75) is 26.9 Å². The molecule has 3 amide bonds. The first kappa shape index (κ1) is 29.2. The predicted octanol–water partition coefficient (Wildman–Crippen LogP) is 2.64. The number of primary amides is 1. The van der Waals surface area contributed by atoms with Crippen molar-refractivity contribution in [1.82, 2.24) is 24.4 Å². The van der Waals surface area contributed by atoms with E-state index < -0.39 is 11.8 Å². The number of nitrogens with one attached hydrogen (secondary N) is 1. The summed E-state index contributed by atoms with van der Waals surface area (Å²) in [4.78, 5) is 47.6. The summed E-state index contributed by atoms with van der Waals surface area (Å²) in [6.45, 7) is 5.08. The van der Waals surface area contributed by atoms with Crippen LogP contribution in [0.25, 0.3) is 11.0 Å². The summed E-state index contributed by atoms with van der Waals surface area (Å²) >= 11 is 0. The molecule has 0 aliphatic rings.